The van der Waals surface area contributed by atoms with Gasteiger partial charge in [-0.1, -0.05) is 48.0 Å². The molecule has 0 N–H and O–H groups in total. The topological polar surface area (TPSA) is 26.8 Å². The first kappa shape index (κ1) is 19.8. The van der Waals surface area contributed by atoms with Gasteiger partial charge >= 0.3 is 0 Å². The SMILES string of the molecule is CN(CC(=O)N1CCN(Cc2c(F)cccc2Cl)CC1)Cc1ccccc1. The highest BCUT2D eigenvalue weighted by atomic mass is 35.5. The minimum absolute atomic E-state index is 0.136. The Kier molecular flexibility index (Phi) is 6.83. The highest BCUT2D eigenvalue weighted by Crippen LogP contribution is 2.21. The Hall–Kier alpha value is -1.95. The van der Waals surface area contributed by atoms with Crippen LogP contribution >= 0.6 is 11.6 Å². The van der Waals surface area contributed by atoms with Crippen molar-refractivity contribution in [3.05, 3.63) is 70.5 Å². The lowest BCUT2D eigenvalue weighted by atomic mass is 10.2. The summed E-state index contributed by atoms with van der Waals surface area (Å²) in [5.41, 5.74) is 1.72. The Morgan fingerprint density at radius 3 is 2.44 bits per heavy atom. The lowest BCUT2D eigenvalue weighted by Crippen LogP contribution is -2.50. The van der Waals surface area contributed by atoms with Gasteiger partial charge in [-0.3, -0.25) is 14.6 Å². The monoisotopic (exact) mass is 389 g/mol. The Bertz CT molecular complexity index is 743. The van der Waals surface area contributed by atoms with Gasteiger partial charge in [-0.25, -0.2) is 4.39 Å². The minimum atomic E-state index is -0.274. The Morgan fingerprint density at radius 1 is 1.07 bits per heavy atom. The molecule has 1 fully saturated rings. The summed E-state index contributed by atoms with van der Waals surface area (Å²) in [7, 11) is 1.96. The van der Waals surface area contributed by atoms with Gasteiger partial charge in [0.15, 0.2) is 0 Å². The zero-order valence-electron chi connectivity index (χ0n) is 15.6. The Morgan fingerprint density at radius 2 is 1.78 bits per heavy atom. The van der Waals surface area contributed by atoms with Crippen molar-refractivity contribution in [1.82, 2.24) is 14.7 Å². The number of amides is 1. The number of nitrogens with zero attached hydrogens (tertiary/aromatic N) is 3. The van der Waals surface area contributed by atoms with Crippen LogP contribution in [-0.4, -0.2) is 60.4 Å². The fourth-order valence-electron chi connectivity index (χ4n) is 3.34. The van der Waals surface area contributed by atoms with Gasteiger partial charge in [0.1, 0.15) is 5.82 Å². The number of carbonyl (C=O) groups excluding carboxylic acids is 1. The molecule has 2 aromatic carbocycles. The van der Waals surface area contributed by atoms with Crippen molar-refractivity contribution in [1.29, 1.82) is 0 Å². The number of benzene rings is 2. The fraction of sp³-hybridized carbons (Fsp3) is 0.381. The molecule has 0 unspecified atom stereocenters. The van der Waals surface area contributed by atoms with Crippen molar-refractivity contribution >= 4 is 17.5 Å². The highest BCUT2D eigenvalue weighted by Gasteiger charge is 2.23. The van der Waals surface area contributed by atoms with E-state index < -0.39 is 0 Å². The van der Waals surface area contributed by atoms with E-state index in [-0.39, 0.29) is 11.7 Å². The van der Waals surface area contributed by atoms with Crippen LogP contribution in [0.3, 0.4) is 0 Å². The van der Waals surface area contributed by atoms with Crippen LogP contribution in [0.5, 0.6) is 0 Å². The summed E-state index contributed by atoms with van der Waals surface area (Å²) in [6.07, 6.45) is 0. The molecule has 27 heavy (non-hydrogen) atoms. The van der Waals surface area contributed by atoms with E-state index in [9.17, 15) is 9.18 Å². The van der Waals surface area contributed by atoms with Crippen LogP contribution in [0.25, 0.3) is 0 Å². The zero-order chi connectivity index (χ0) is 19.2. The van der Waals surface area contributed by atoms with Gasteiger partial charge in [0.05, 0.1) is 6.54 Å². The second kappa shape index (κ2) is 9.31. The predicted octanol–water partition coefficient (Wildman–Crippen LogP) is 3.26. The predicted molar refractivity (Wildman–Crippen MR) is 106 cm³/mol. The molecule has 2 aromatic rings. The molecule has 0 saturated carbocycles. The van der Waals surface area contributed by atoms with Gasteiger partial charge < -0.3 is 4.90 Å². The number of hydrogen-bond acceptors (Lipinski definition) is 3. The molecule has 144 valence electrons. The van der Waals surface area contributed by atoms with Gasteiger partial charge in [-0.15, -0.1) is 0 Å². The van der Waals surface area contributed by atoms with Crippen LogP contribution in [0, 0.1) is 5.82 Å². The van der Waals surface area contributed by atoms with E-state index in [2.05, 4.69) is 17.0 Å². The summed E-state index contributed by atoms with van der Waals surface area (Å²) in [5.74, 6) is -0.138. The molecule has 1 saturated heterocycles. The van der Waals surface area contributed by atoms with Crippen LogP contribution in [-0.2, 0) is 17.9 Å². The first-order chi connectivity index (χ1) is 13.0. The number of halogens is 2. The van der Waals surface area contributed by atoms with E-state index in [1.807, 2.05) is 35.0 Å². The molecule has 0 spiro atoms. The maximum absolute atomic E-state index is 14.0. The standard InChI is InChI=1S/C21H25ClFN3O/c1-24(14-17-6-3-2-4-7-17)16-21(27)26-12-10-25(11-13-26)15-18-19(22)8-5-9-20(18)23/h2-9H,10-16H2,1H3. The third-order valence-corrected chi connectivity index (χ3v) is 5.22. The third-order valence-electron chi connectivity index (χ3n) is 4.87. The van der Waals surface area contributed by atoms with E-state index in [1.165, 1.54) is 11.6 Å². The van der Waals surface area contributed by atoms with Crippen LogP contribution in [0.4, 0.5) is 4.39 Å². The first-order valence-corrected chi connectivity index (χ1v) is 9.56. The molecule has 4 nitrogen and oxygen atoms in total. The number of carbonyl (C=O) groups is 1. The highest BCUT2D eigenvalue weighted by molar-refractivity contribution is 6.31. The molecule has 1 heterocycles. The summed E-state index contributed by atoms with van der Waals surface area (Å²) < 4.78 is 14.0. The number of rotatable bonds is 6. The van der Waals surface area contributed by atoms with E-state index in [1.54, 1.807) is 12.1 Å². The summed E-state index contributed by atoms with van der Waals surface area (Å²) in [5, 5.41) is 0.455. The maximum atomic E-state index is 14.0. The van der Waals surface area contributed by atoms with E-state index >= 15 is 0 Å². The maximum Gasteiger partial charge on any atom is 0.236 e. The normalized spacial score (nSPS) is 15.3. The summed E-state index contributed by atoms with van der Waals surface area (Å²) >= 11 is 6.11. The van der Waals surface area contributed by atoms with Gasteiger partial charge in [-0.05, 0) is 24.7 Å². The molecule has 0 radical (unpaired) electrons. The van der Waals surface area contributed by atoms with Gasteiger partial charge in [0, 0.05) is 49.9 Å². The van der Waals surface area contributed by atoms with E-state index in [0.717, 1.165) is 19.6 Å². The average Bonchev–Trinajstić information content (AvgIpc) is 2.66. The molecular weight excluding hydrogens is 365 g/mol. The molecule has 1 amide bonds. The largest absolute Gasteiger partial charge is 0.339 e. The molecule has 3 rings (SSSR count). The Labute approximate surface area is 165 Å². The molecule has 0 bridgehead atoms. The average molecular weight is 390 g/mol. The van der Waals surface area contributed by atoms with Crippen molar-refractivity contribution in [2.24, 2.45) is 0 Å². The molecule has 0 aliphatic carbocycles. The van der Waals surface area contributed by atoms with Crippen molar-refractivity contribution < 1.29 is 9.18 Å². The van der Waals surface area contributed by atoms with E-state index in [0.29, 0.717) is 36.8 Å². The van der Waals surface area contributed by atoms with Crippen LogP contribution < -0.4 is 0 Å². The quantitative estimate of drug-likeness (QED) is 0.758. The molecule has 1 aliphatic heterocycles. The first-order valence-electron chi connectivity index (χ1n) is 9.18. The lowest BCUT2D eigenvalue weighted by Gasteiger charge is -2.35. The smallest absolute Gasteiger partial charge is 0.236 e. The number of piperazine rings is 1. The summed E-state index contributed by atoms with van der Waals surface area (Å²) in [6, 6.07) is 14.9. The van der Waals surface area contributed by atoms with Crippen molar-refractivity contribution in [3.63, 3.8) is 0 Å². The summed E-state index contributed by atoms with van der Waals surface area (Å²) in [4.78, 5) is 18.6. The number of likely N-dealkylation sites (N-methyl/N-ethyl adjacent to an activating group) is 1. The fourth-order valence-corrected chi connectivity index (χ4v) is 3.57. The minimum Gasteiger partial charge on any atom is -0.339 e. The van der Waals surface area contributed by atoms with Gasteiger partial charge in [0.2, 0.25) is 5.91 Å². The van der Waals surface area contributed by atoms with E-state index in [4.69, 9.17) is 11.6 Å². The molecule has 0 atom stereocenters. The second-order valence-electron chi connectivity index (χ2n) is 7.02. The van der Waals surface area contributed by atoms with Crippen LogP contribution in [0.2, 0.25) is 5.02 Å². The van der Waals surface area contributed by atoms with Gasteiger partial charge in [-0.2, -0.15) is 0 Å². The number of hydrogen-bond donors (Lipinski definition) is 0. The zero-order valence-corrected chi connectivity index (χ0v) is 16.3. The second-order valence-corrected chi connectivity index (χ2v) is 7.42. The van der Waals surface area contributed by atoms with Crippen LogP contribution in [0.15, 0.2) is 48.5 Å². The van der Waals surface area contributed by atoms with Crippen molar-refractivity contribution in [2.45, 2.75) is 13.1 Å². The lowest BCUT2D eigenvalue weighted by molar-refractivity contribution is -0.134. The molecule has 1 aliphatic rings. The molecule has 0 aromatic heterocycles. The van der Waals surface area contributed by atoms with Crippen LogP contribution in [0.1, 0.15) is 11.1 Å². The Balaban J connectivity index is 1.46. The van der Waals surface area contributed by atoms with Crippen molar-refractivity contribution in [2.75, 3.05) is 39.8 Å². The summed E-state index contributed by atoms with van der Waals surface area (Å²) in [6.45, 7) is 4.37. The third kappa shape index (κ3) is 5.51. The van der Waals surface area contributed by atoms with Gasteiger partial charge in [0.25, 0.3) is 0 Å². The molecular formula is C21H25ClFN3O. The van der Waals surface area contributed by atoms with Crippen molar-refractivity contribution in [3.8, 4) is 0 Å². The molecule has 6 heteroatoms.